The van der Waals surface area contributed by atoms with Crippen LogP contribution >= 0.6 is 0 Å². The molecule has 2 aromatic heterocycles. The summed E-state index contributed by atoms with van der Waals surface area (Å²) in [6.07, 6.45) is 3.48. The van der Waals surface area contributed by atoms with Gasteiger partial charge in [0.25, 0.3) is 0 Å². The molecule has 0 saturated carbocycles. The van der Waals surface area contributed by atoms with Crippen LogP contribution in [0, 0.1) is 5.82 Å². The molecule has 6 rings (SSSR count). The third kappa shape index (κ3) is 6.17. The number of halogens is 1. The van der Waals surface area contributed by atoms with Crippen LogP contribution in [0.1, 0.15) is 51.9 Å². The van der Waals surface area contributed by atoms with Crippen molar-refractivity contribution < 1.29 is 31.8 Å². The van der Waals surface area contributed by atoms with E-state index in [0.29, 0.717) is 42.0 Å². The molecule has 1 amide bonds. The molecular weight excluding hydrogens is 613 g/mol. The van der Waals surface area contributed by atoms with Crippen LogP contribution in [0.5, 0.6) is 5.75 Å². The van der Waals surface area contributed by atoms with Gasteiger partial charge in [-0.15, -0.1) is 0 Å². The number of carbonyl (C=O) groups excluding carboxylic acids is 1. The van der Waals surface area contributed by atoms with Crippen molar-refractivity contribution in [3.63, 3.8) is 0 Å². The number of piperazine rings is 1. The third-order valence-electron chi connectivity index (χ3n) is 8.38. The number of ether oxygens (including phenoxy) is 3. The van der Waals surface area contributed by atoms with E-state index >= 15 is 4.39 Å². The maximum Gasteiger partial charge on any atom is 0.410 e. The molecule has 11 nitrogen and oxygen atoms in total. The largest absolute Gasteiger partial charge is 0.468 e. The molecule has 2 unspecified atom stereocenters. The lowest BCUT2D eigenvalue weighted by molar-refractivity contribution is 0.0123. The van der Waals surface area contributed by atoms with Crippen molar-refractivity contribution in [2.75, 3.05) is 31.9 Å². The number of fused-ring (bicyclic) bond motifs is 4. The average molecular weight is 652 g/mol. The summed E-state index contributed by atoms with van der Waals surface area (Å²) in [5.41, 5.74) is 0.964. The Kier molecular flexibility index (Phi) is 8.73. The summed E-state index contributed by atoms with van der Waals surface area (Å²) >= 11 is 0. The lowest BCUT2D eigenvalue weighted by Gasteiger charge is -2.42. The Hall–Kier alpha value is -4.10. The van der Waals surface area contributed by atoms with Gasteiger partial charge in [0.2, 0.25) is 0 Å². The quantitative estimate of drug-likeness (QED) is 0.200. The maximum absolute atomic E-state index is 16.8. The van der Waals surface area contributed by atoms with E-state index in [1.165, 1.54) is 7.11 Å². The Morgan fingerprint density at radius 3 is 2.50 bits per heavy atom. The van der Waals surface area contributed by atoms with Crippen molar-refractivity contribution in [1.29, 1.82) is 0 Å². The lowest BCUT2D eigenvalue weighted by Crippen LogP contribution is -2.57. The molecule has 2 aliphatic heterocycles. The lowest BCUT2D eigenvalue weighted by atomic mass is 9.95. The molecule has 2 aliphatic rings. The topological polar surface area (TPSA) is 124 Å². The highest BCUT2D eigenvalue weighted by molar-refractivity contribution is 7.71. The van der Waals surface area contributed by atoms with Crippen LogP contribution in [0.3, 0.4) is 0 Å². The first-order valence-corrected chi connectivity index (χ1v) is 16.7. The number of nitrogens with zero attached hydrogens (tertiary/aromatic N) is 5. The van der Waals surface area contributed by atoms with Crippen molar-refractivity contribution in [3.05, 3.63) is 53.7 Å². The number of hydrogen-bond acceptors (Lipinski definition) is 10. The van der Waals surface area contributed by atoms with Gasteiger partial charge in [0.05, 0.1) is 17.5 Å². The minimum absolute atomic E-state index is 0.00661. The molecule has 2 fully saturated rings. The highest BCUT2D eigenvalue weighted by atomic mass is 32.2. The number of pyridine rings is 1. The van der Waals surface area contributed by atoms with Gasteiger partial charge in [0, 0.05) is 32.0 Å². The summed E-state index contributed by atoms with van der Waals surface area (Å²) in [5.74, 6) is -0.247. The second-order valence-corrected chi connectivity index (χ2v) is 13.7. The smallest absolute Gasteiger partial charge is 0.410 e. The molecule has 2 atom stereocenters. The van der Waals surface area contributed by atoms with Crippen LogP contribution in [0.15, 0.2) is 36.5 Å². The average Bonchev–Trinajstić information content (AvgIpc) is 3.27. The fourth-order valence-electron chi connectivity index (χ4n) is 6.56. The predicted octanol–water partition coefficient (Wildman–Crippen LogP) is 5.23. The number of hydrogen-bond donors (Lipinski definition) is 1. The summed E-state index contributed by atoms with van der Waals surface area (Å²) in [6, 6.07) is 9.22. The first-order chi connectivity index (χ1) is 22.0. The van der Waals surface area contributed by atoms with Gasteiger partial charge in [-0.2, -0.15) is 0 Å². The van der Waals surface area contributed by atoms with E-state index in [2.05, 4.69) is 15.0 Å². The number of anilines is 1. The van der Waals surface area contributed by atoms with Crippen molar-refractivity contribution in [2.45, 2.75) is 70.4 Å². The highest BCUT2D eigenvalue weighted by Gasteiger charge is 2.45. The normalized spacial score (nSPS) is 18.2. The fourth-order valence-corrected chi connectivity index (χ4v) is 6.93. The molecule has 2 saturated heterocycles. The van der Waals surface area contributed by atoms with Gasteiger partial charge in [0.1, 0.15) is 50.7 Å². The molecule has 0 N–H and O–H groups in total. The minimum atomic E-state index is -2.88. The molecule has 2 aromatic carbocycles. The summed E-state index contributed by atoms with van der Waals surface area (Å²) in [7, 11) is -1.35. The van der Waals surface area contributed by atoms with Crippen molar-refractivity contribution in [2.24, 2.45) is 0 Å². The Labute approximate surface area is 268 Å². The second-order valence-electron chi connectivity index (χ2n) is 12.7. The van der Waals surface area contributed by atoms with Crippen molar-refractivity contribution >= 4 is 44.3 Å². The van der Waals surface area contributed by atoms with Crippen molar-refractivity contribution in [3.8, 4) is 17.0 Å². The molecule has 0 spiro atoms. The predicted molar refractivity (Wildman–Crippen MR) is 173 cm³/mol. The Morgan fingerprint density at radius 2 is 1.85 bits per heavy atom. The molecule has 244 valence electrons. The first-order valence-electron chi connectivity index (χ1n) is 15.4. The van der Waals surface area contributed by atoms with Gasteiger partial charge in [-0.3, -0.25) is 9.88 Å². The highest BCUT2D eigenvalue weighted by Crippen LogP contribution is 2.40. The number of methoxy groups -OCH3 is 1. The van der Waals surface area contributed by atoms with E-state index in [9.17, 15) is 13.2 Å². The number of benzene rings is 2. The first kappa shape index (κ1) is 31.9. The van der Waals surface area contributed by atoms with E-state index in [1.807, 2.05) is 56.9 Å². The van der Waals surface area contributed by atoms with Crippen LogP contribution in [0.2, 0.25) is 0 Å². The molecule has 4 heterocycles. The zero-order chi connectivity index (χ0) is 32.7. The van der Waals surface area contributed by atoms with Gasteiger partial charge in [0.15, 0.2) is 12.6 Å². The molecule has 0 radical (unpaired) electrons. The fraction of sp³-hybridized carbons (Fsp3) is 0.455. The molecule has 4 aromatic rings. The van der Waals surface area contributed by atoms with Gasteiger partial charge < -0.3 is 19.1 Å². The number of amides is 1. The Balaban J connectivity index is 1.47. The monoisotopic (exact) mass is 651 g/mol. The molecule has 13 heteroatoms. The van der Waals surface area contributed by atoms with Crippen LogP contribution in [-0.4, -0.2) is 79.0 Å². The van der Waals surface area contributed by atoms with E-state index in [4.69, 9.17) is 14.2 Å². The van der Waals surface area contributed by atoms with Gasteiger partial charge in [-0.05, 0) is 68.5 Å². The summed E-state index contributed by atoms with van der Waals surface area (Å²) < 4.78 is 56.9. The number of rotatable bonds is 8. The number of aryl methyl sites for hydroxylation is 1. The maximum atomic E-state index is 16.8. The molecule has 0 aliphatic carbocycles. The van der Waals surface area contributed by atoms with Crippen LogP contribution in [-0.2, 0) is 32.4 Å². The number of carbonyl (C=O) groups is 1. The number of thiol groups is 1. The summed E-state index contributed by atoms with van der Waals surface area (Å²) in [4.78, 5) is 30.5. The molecular formula is C33H38FN5O6S. The van der Waals surface area contributed by atoms with E-state index in [-0.39, 0.29) is 42.0 Å². The zero-order valence-corrected chi connectivity index (χ0v) is 27.5. The summed E-state index contributed by atoms with van der Waals surface area (Å²) in [6.45, 7) is 8.41. The molecule has 46 heavy (non-hydrogen) atoms. The van der Waals surface area contributed by atoms with Crippen LogP contribution in [0.25, 0.3) is 32.9 Å². The van der Waals surface area contributed by atoms with Gasteiger partial charge >= 0.3 is 6.09 Å². The van der Waals surface area contributed by atoms with Crippen molar-refractivity contribution in [1.82, 2.24) is 19.9 Å². The van der Waals surface area contributed by atoms with Gasteiger partial charge in [-0.25, -0.2) is 27.6 Å². The van der Waals surface area contributed by atoms with E-state index < -0.39 is 27.9 Å². The zero-order valence-electron chi connectivity index (χ0n) is 26.6. The summed E-state index contributed by atoms with van der Waals surface area (Å²) in [5, 5.41) is 2.06. The standard InChI is InChI=1S/C33H38FN5O6S/c1-6-19-8-7-9-20-12-23(44-18-43-5)13-24(27(19)20)29-28(34)30-25(14-35-29)31(37-26(36-30)17-46(41)42)38-15-21-10-11-22(16-38)39(21)32(40)45-33(2,3)4/h7-9,12-14,21-22,46H,6,10-11,15-18H2,1-5H3. The van der Waals surface area contributed by atoms with Gasteiger partial charge in [-0.1, -0.05) is 25.1 Å². The van der Waals surface area contributed by atoms with E-state index in [1.54, 1.807) is 17.2 Å². The third-order valence-corrected chi connectivity index (χ3v) is 8.92. The second kappa shape index (κ2) is 12.6. The number of aromatic nitrogens is 3. The molecule has 2 bridgehead atoms. The Bertz CT molecular complexity index is 1870. The minimum Gasteiger partial charge on any atom is -0.468 e. The van der Waals surface area contributed by atoms with Crippen LogP contribution < -0.4 is 9.64 Å². The van der Waals surface area contributed by atoms with E-state index in [0.717, 1.165) is 29.2 Å². The van der Waals surface area contributed by atoms with Crippen LogP contribution in [0.4, 0.5) is 15.0 Å². The Morgan fingerprint density at radius 1 is 1.11 bits per heavy atom. The SMILES string of the molecule is CCc1cccc2cc(OCOC)cc(-c3ncc4c(N5CC6CCC(C5)N6C(=O)OC(C)(C)C)nc(C[SH](=O)=O)nc4c3F)c12.